The SMILES string of the molecule is COC[C@@H](C1CC1)n1cc(Cl)nc(Cl)c1=O. The monoisotopic (exact) mass is 262 g/mol. The van der Waals surface area contributed by atoms with Crippen LogP contribution in [0.1, 0.15) is 18.9 Å². The number of methoxy groups -OCH3 is 1. The van der Waals surface area contributed by atoms with Gasteiger partial charge in [0.15, 0.2) is 5.15 Å². The second-order valence-corrected chi connectivity index (χ2v) is 4.67. The molecule has 0 aliphatic heterocycles. The van der Waals surface area contributed by atoms with Crippen LogP contribution in [0.15, 0.2) is 11.0 Å². The molecule has 88 valence electrons. The summed E-state index contributed by atoms with van der Waals surface area (Å²) in [4.78, 5) is 15.5. The first kappa shape index (κ1) is 11.9. The molecule has 1 saturated carbocycles. The molecule has 4 nitrogen and oxygen atoms in total. The highest BCUT2D eigenvalue weighted by Crippen LogP contribution is 2.39. The molecule has 1 aliphatic carbocycles. The molecular weight excluding hydrogens is 251 g/mol. The zero-order chi connectivity index (χ0) is 11.7. The zero-order valence-electron chi connectivity index (χ0n) is 8.82. The summed E-state index contributed by atoms with van der Waals surface area (Å²) in [7, 11) is 1.62. The highest BCUT2D eigenvalue weighted by molar-refractivity contribution is 6.32. The lowest BCUT2D eigenvalue weighted by Gasteiger charge is -2.18. The second-order valence-electron chi connectivity index (χ2n) is 3.93. The molecule has 1 heterocycles. The predicted molar refractivity (Wildman–Crippen MR) is 62.2 cm³/mol. The van der Waals surface area contributed by atoms with E-state index >= 15 is 0 Å². The van der Waals surface area contributed by atoms with Crippen molar-refractivity contribution in [3.63, 3.8) is 0 Å². The van der Waals surface area contributed by atoms with Crippen LogP contribution in [0.3, 0.4) is 0 Å². The van der Waals surface area contributed by atoms with Gasteiger partial charge < -0.3 is 9.30 Å². The van der Waals surface area contributed by atoms with Crippen LogP contribution in [0.25, 0.3) is 0 Å². The summed E-state index contributed by atoms with van der Waals surface area (Å²) in [5.74, 6) is 0.479. The number of halogens is 2. The third kappa shape index (κ3) is 2.39. The first-order chi connectivity index (χ1) is 7.63. The normalized spacial score (nSPS) is 17.4. The molecule has 1 aromatic rings. The molecule has 0 aromatic carbocycles. The molecule has 0 bridgehead atoms. The topological polar surface area (TPSA) is 44.1 Å². The quantitative estimate of drug-likeness (QED) is 0.836. The van der Waals surface area contributed by atoms with E-state index in [1.54, 1.807) is 11.7 Å². The van der Waals surface area contributed by atoms with E-state index in [9.17, 15) is 4.79 Å². The van der Waals surface area contributed by atoms with Gasteiger partial charge in [-0.2, -0.15) is 0 Å². The molecule has 0 N–H and O–H groups in total. The highest BCUT2D eigenvalue weighted by atomic mass is 35.5. The van der Waals surface area contributed by atoms with Crippen molar-refractivity contribution in [1.29, 1.82) is 0 Å². The molecular formula is C10H12Cl2N2O2. The van der Waals surface area contributed by atoms with Crippen molar-refractivity contribution in [1.82, 2.24) is 9.55 Å². The van der Waals surface area contributed by atoms with Crippen molar-refractivity contribution in [3.05, 3.63) is 26.9 Å². The van der Waals surface area contributed by atoms with Crippen LogP contribution in [0.4, 0.5) is 0 Å². The van der Waals surface area contributed by atoms with Crippen LogP contribution in [-0.4, -0.2) is 23.3 Å². The molecule has 0 amide bonds. The van der Waals surface area contributed by atoms with Gasteiger partial charge in [-0.3, -0.25) is 4.79 Å². The Labute approximate surface area is 103 Å². The fourth-order valence-electron chi connectivity index (χ4n) is 1.79. The average Bonchev–Trinajstić information content (AvgIpc) is 3.04. The Morgan fingerprint density at radius 1 is 1.62 bits per heavy atom. The van der Waals surface area contributed by atoms with Gasteiger partial charge in [-0.05, 0) is 18.8 Å². The maximum atomic E-state index is 11.8. The summed E-state index contributed by atoms with van der Waals surface area (Å²) in [5.41, 5.74) is -0.306. The largest absolute Gasteiger partial charge is 0.383 e. The van der Waals surface area contributed by atoms with Crippen molar-refractivity contribution in [2.24, 2.45) is 5.92 Å². The van der Waals surface area contributed by atoms with Crippen LogP contribution < -0.4 is 5.56 Å². The minimum Gasteiger partial charge on any atom is -0.383 e. The van der Waals surface area contributed by atoms with Gasteiger partial charge >= 0.3 is 0 Å². The Hall–Kier alpha value is -0.580. The number of hydrogen-bond donors (Lipinski definition) is 0. The van der Waals surface area contributed by atoms with Crippen molar-refractivity contribution < 1.29 is 4.74 Å². The number of rotatable bonds is 4. The maximum Gasteiger partial charge on any atom is 0.288 e. The number of ether oxygens (including phenoxy) is 1. The Bertz CT molecular complexity index is 443. The summed E-state index contributed by atoms with van der Waals surface area (Å²) in [5, 5.41) is 0.139. The van der Waals surface area contributed by atoms with Gasteiger partial charge in [-0.1, -0.05) is 23.2 Å². The van der Waals surface area contributed by atoms with Crippen molar-refractivity contribution in [2.45, 2.75) is 18.9 Å². The summed E-state index contributed by atoms with van der Waals surface area (Å²) >= 11 is 11.5. The Morgan fingerprint density at radius 2 is 2.31 bits per heavy atom. The number of aromatic nitrogens is 2. The maximum absolute atomic E-state index is 11.8. The lowest BCUT2D eigenvalue weighted by molar-refractivity contribution is 0.143. The minimum atomic E-state index is -0.306. The first-order valence-corrected chi connectivity index (χ1v) is 5.82. The smallest absolute Gasteiger partial charge is 0.288 e. The van der Waals surface area contributed by atoms with E-state index in [1.807, 2.05) is 0 Å². The van der Waals surface area contributed by atoms with E-state index in [-0.39, 0.29) is 21.9 Å². The fourth-order valence-corrected chi connectivity index (χ4v) is 2.21. The number of nitrogens with zero attached hydrogens (tertiary/aromatic N) is 2. The van der Waals surface area contributed by atoms with Crippen LogP contribution in [0.5, 0.6) is 0 Å². The van der Waals surface area contributed by atoms with Gasteiger partial charge in [0, 0.05) is 13.3 Å². The lowest BCUT2D eigenvalue weighted by atomic mass is 10.2. The fraction of sp³-hybridized carbons (Fsp3) is 0.600. The van der Waals surface area contributed by atoms with Crippen molar-refractivity contribution in [2.75, 3.05) is 13.7 Å². The van der Waals surface area contributed by atoms with E-state index in [0.29, 0.717) is 12.5 Å². The molecule has 1 aromatic heterocycles. The van der Waals surface area contributed by atoms with Crippen LogP contribution in [-0.2, 0) is 4.74 Å². The van der Waals surface area contributed by atoms with E-state index < -0.39 is 0 Å². The van der Waals surface area contributed by atoms with Crippen molar-refractivity contribution in [3.8, 4) is 0 Å². The van der Waals surface area contributed by atoms with E-state index in [2.05, 4.69) is 4.98 Å². The van der Waals surface area contributed by atoms with Gasteiger partial charge in [0.05, 0.1) is 12.6 Å². The van der Waals surface area contributed by atoms with Crippen LogP contribution in [0.2, 0.25) is 10.3 Å². The van der Waals surface area contributed by atoms with Crippen LogP contribution in [0, 0.1) is 5.92 Å². The van der Waals surface area contributed by atoms with Gasteiger partial charge in [0.2, 0.25) is 0 Å². The molecule has 1 aliphatic rings. The van der Waals surface area contributed by atoms with Gasteiger partial charge in [-0.15, -0.1) is 0 Å². The van der Waals surface area contributed by atoms with Gasteiger partial charge in [0.1, 0.15) is 5.15 Å². The zero-order valence-corrected chi connectivity index (χ0v) is 10.3. The third-order valence-electron chi connectivity index (χ3n) is 2.72. The first-order valence-electron chi connectivity index (χ1n) is 5.06. The summed E-state index contributed by atoms with van der Waals surface area (Å²) in [6, 6.07) is 0.00972. The third-order valence-corrected chi connectivity index (χ3v) is 3.15. The molecule has 1 fully saturated rings. The predicted octanol–water partition coefficient (Wildman–Crippen LogP) is 2.15. The molecule has 0 spiro atoms. The molecule has 6 heteroatoms. The molecule has 0 unspecified atom stereocenters. The Morgan fingerprint density at radius 3 is 2.88 bits per heavy atom. The molecule has 16 heavy (non-hydrogen) atoms. The summed E-state index contributed by atoms with van der Waals surface area (Å²) in [6.45, 7) is 0.487. The van der Waals surface area contributed by atoms with Crippen LogP contribution >= 0.6 is 23.2 Å². The summed E-state index contributed by atoms with van der Waals surface area (Å²) < 4.78 is 6.67. The molecule has 2 rings (SSSR count). The second kappa shape index (κ2) is 4.73. The van der Waals surface area contributed by atoms with E-state index in [1.165, 1.54) is 6.20 Å². The Balaban J connectivity index is 2.39. The van der Waals surface area contributed by atoms with Gasteiger partial charge in [-0.25, -0.2) is 4.98 Å². The molecule has 0 saturated heterocycles. The standard InChI is InChI=1S/C10H12Cl2N2O2/c1-16-5-7(6-2-3-6)14-4-8(11)13-9(12)10(14)15/h4,6-7H,2-3,5H2,1H3/t7-/m0/s1. The van der Waals surface area contributed by atoms with Crippen molar-refractivity contribution >= 4 is 23.2 Å². The minimum absolute atomic E-state index is 0.00972. The molecule has 1 atom stereocenters. The highest BCUT2D eigenvalue weighted by Gasteiger charge is 2.33. The average molecular weight is 263 g/mol. The number of hydrogen-bond acceptors (Lipinski definition) is 3. The lowest BCUT2D eigenvalue weighted by Crippen LogP contribution is -2.29. The summed E-state index contributed by atoms with van der Waals surface area (Å²) in [6.07, 6.45) is 3.74. The van der Waals surface area contributed by atoms with E-state index in [0.717, 1.165) is 12.8 Å². The van der Waals surface area contributed by atoms with E-state index in [4.69, 9.17) is 27.9 Å². The Kier molecular flexibility index (Phi) is 3.52. The van der Waals surface area contributed by atoms with Gasteiger partial charge in [0.25, 0.3) is 5.56 Å². The molecule has 0 radical (unpaired) electrons.